The van der Waals surface area contributed by atoms with Gasteiger partial charge in [0.05, 0.1) is 0 Å². The summed E-state index contributed by atoms with van der Waals surface area (Å²) in [6.07, 6.45) is 1.38. The van der Waals surface area contributed by atoms with Crippen LogP contribution in [0, 0.1) is 0 Å². The van der Waals surface area contributed by atoms with E-state index in [0.29, 0.717) is 6.42 Å². The lowest BCUT2D eigenvalue weighted by Gasteiger charge is -2.22. The van der Waals surface area contributed by atoms with Crippen molar-refractivity contribution in [2.24, 2.45) is 5.73 Å². The third-order valence-electron chi connectivity index (χ3n) is 2.75. The van der Waals surface area contributed by atoms with Crippen LogP contribution in [0.25, 0.3) is 0 Å². The molecule has 4 heteroatoms. The van der Waals surface area contributed by atoms with Crippen LogP contribution < -0.4 is 16.4 Å². The Bertz CT molecular complexity index is 435. The van der Waals surface area contributed by atoms with E-state index in [1.807, 2.05) is 26.0 Å². The van der Waals surface area contributed by atoms with Crippen LogP contribution in [0.15, 0.2) is 18.2 Å². The highest BCUT2D eigenvalue weighted by Gasteiger charge is 2.15. The van der Waals surface area contributed by atoms with Gasteiger partial charge in [-0.1, -0.05) is 0 Å². The van der Waals surface area contributed by atoms with E-state index in [1.165, 1.54) is 5.56 Å². The van der Waals surface area contributed by atoms with Crippen LogP contribution in [0.2, 0.25) is 0 Å². The van der Waals surface area contributed by atoms with Crippen molar-refractivity contribution in [3.63, 3.8) is 0 Å². The lowest BCUT2D eigenvalue weighted by atomic mass is 10.0. The van der Waals surface area contributed by atoms with Gasteiger partial charge >= 0.3 is 0 Å². The van der Waals surface area contributed by atoms with Crippen molar-refractivity contribution in [3.05, 3.63) is 23.8 Å². The Kier molecular flexibility index (Phi) is 3.07. The van der Waals surface area contributed by atoms with Gasteiger partial charge in [-0.15, -0.1) is 0 Å². The molecule has 4 N–H and O–H groups in total. The summed E-state index contributed by atoms with van der Waals surface area (Å²) >= 11 is 0. The van der Waals surface area contributed by atoms with E-state index in [2.05, 4.69) is 16.7 Å². The van der Waals surface area contributed by atoms with Crippen LogP contribution >= 0.6 is 0 Å². The molecule has 2 rings (SSSR count). The Balaban J connectivity index is 2.09. The molecule has 1 aliphatic heterocycles. The molecule has 0 saturated carbocycles. The average Bonchev–Trinajstić information content (AvgIpc) is 2.25. The van der Waals surface area contributed by atoms with E-state index >= 15 is 0 Å². The molecule has 0 aromatic heterocycles. The number of nitrogens with two attached hydrogens (primary N) is 1. The maximum absolute atomic E-state index is 11.2. The predicted octanol–water partition coefficient (Wildman–Crippen LogP) is 1.72. The van der Waals surface area contributed by atoms with E-state index in [9.17, 15) is 4.79 Å². The van der Waals surface area contributed by atoms with Crippen LogP contribution in [-0.4, -0.2) is 18.0 Å². The molecular formula is C13H19N3O. The minimum atomic E-state index is -0.232. The van der Waals surface area contributed by atoms with Gasteiger partial charge in [0, 0.05) is 29.9 Å². The highest BCUT2D eigenvalue weighted by Crippen LogP contribution is 2.25. The first-order chi connectivity index (χ1) is 7.94. The number of amides is 1. The highest BCUT2D eigenvalue weighted by atomic mass is 16.1. The number of hydrogen-bond donors (Lipinski definition) is 3. The van der Waals surface area contributed by atoms with Gasteiger partial charge in [0.1, 0.15) is 0 Å². The van der Waals surface area contributed by atoms with Gasteiger partial charge in [-0.3, -0.25) is 4.79 Å². The van der Waals surface area contributed by atoms with E-state index in [1.54, 1.807) is 0 Å². The first-order valence-electron chi connectivity index (χ1n) is 5.90. The van der Waals surface area contributed by atoms with Crippen molar-refractivity contribution in [1.29, 1.82) is 0 Å². The Labute approximate surface area is 102 Å². The molecule has 0 saturated heterocycles. The van der Waals surface area contributed by atoms with E-state index < -0.39 is 0 Å². The summed E-state index contributed by atoms with van der Waals surface area (Å²) in [7, 11) is 0. The Morgan fingerprint density at radius 3 is 2.88 bits per heavy atom. The number of benzene rings is 1. The standard InChI is InChI=1S/C13H19N3O/c1-13(2,14)8-15-10-4-5-11-9(7-10)3-6-12(17)16-11/h4-5,7,15H,3,6,8,14H2,1-2H3,(H,16,17). The Morgan fingerprint density at radius 2 is 2.18 bits per heavy atom. The van der Waals surface area contributed by atoms with Crippen LogP contribution in [0.1, 0.15) is 25.8 Å². The number of carbonyl (C=O) groups excluding carboxylic acids is 1. The Hall–Kier alpha value is -1.55. The molecule has 92 valence electrons. The third kappa shape index (κ3) is 3.20. The molecule has 17 heavy (non-hydrogen) atoms. The number of nitrogens with one attached hydrogen (secondary N) is 2. The maximum atomic E-state index is 11.2. The number of aryl methyl sites for hydroxylation is 1. The number of carbonyl (C=O) groups is 1. The minimum absolute atomic E-state index is 0.0984. The first-order valence-corrected chi connectivity index (χ1v) is 5.90. The van der Waals surface area contributed by atoms with Crippen LogP contribution in [0.3, 0.4) is 0 Å². The molecule has 0 radical (unpaired) electrons. The molecular weight excluding hydrogens is 214 g/mol. The molecule has 0 atom stereocenters. The molecule has 0 fully saturated rings. The van der Waals surface area contributed by atoms with Crippen molar-refractivity contribution in [3.8, 4) is 0 Å². The summed E-state index contributed by atoms with van der Waals surface area (Å²) in [6.45, 7) is 4.69. The summed E-state index contributed by atoms with van der Waals surface area (Å²) in [5, 5.41) is 6.18. The SMILES string of the molecule is CC(C)(N)CNc1ccc2c(c1)CCC(=O)N2. The average molecular weight is 233 g/mol. The summed E-state index contributed by atoms with van der Waals surface area (Å²) in [4.78, 5) is 11.2. The largest absolute Gasteiger partial charge is 0.383 e. The molecule has 0 spiro atoms. The summed E-state index contributed by atoms with van der Waals surface area (Å²) in [5.41, 5.74) is 8.86. The maximum Gasteiger partial charge on any atom is 0.224 e. The van der Waals surface area contributed by atoms with Crippen LogP contribution in [-0.2, 0) is 11.2 Å². The predicted molar refractivity (Wildman–Crippen MR) is 70.1 cm³/mol. The number of anilines is 2. The van der Waals surface area contributed by atoms with Crippen molar-refractivity contribution in [1.82, 2.24) is 0 Å². The second kappa shape index (κ2) is 4.37. The zero-order chi connectivity index (χ0) is 12.5. The lowest BCUT2D eigenvalue weighted by Crippen LogP contribution is -2.39. The molecule has 1 aromatic rings. The van der Waals surface area contributed by atoms with Crippen LogP contribution in [0.4, 0.5) is 11.4 Å². The van der Waals surface area contributed by atoms with Gasteiger partial charge in [0.2, 0.25) is 5.91 Å². The number of fused-ring (bicyclic) bond motifs is 1. The van der Waals surface area contributed by atoms with Crippen molar-refractivity contribution >= 4 is 17.3 Å². The molecule has 1 aromatic carbocycles. The molecule has 1 amide bonds. The number of rotatable bonds is 3. The molecule has 0 unspecified atom stereocenters. The monoisotopic (exact) mass is 233 g/mol. The van der Waals surface area contributed by atoms with Gasteiger partial charge in [-0.05, 0) is 44.0 Å². The first kappa shape index (κ1) is 11.9. The van der Waals surface area contributed by atoms with Gasteiger partial charge in [-0.25, -0.2) is 0 Å². The fraction of sp³-hybridized carbons (Fsp3) is 0.462. The zero-order valence-corrected chi connectivity index (χ0v) is 10.3. The molecule has 1 heterocycles. The fourth-order valence-corrected chi connectivity index (χ4v) is 1.82. The lowest BCUT2D eigenvalue weighted by molar-refractivity contribution is -0.116. The normalized spacial score (nSPS) is 15.1. The van der Waals surface area contributed by atoms with Crippen molar-refractivity contribution in [2.45, 2.75) is 32.2 Å². The molecule has 1 aliphatic rings. The van der Waals surface area contributed by atoms with Crippen molar-refractivity contribution < 1.29 is 4.79 Å². The summed E-state index contributed by atoms with van der Waals surface area (Å²) in [6, 6.07) is 5.99. The second-order valence-corrected chi connectivity index (χ2v) is 5.26. The topological polar surface area (TPSA) is 67.1 Å². The summed E-state index contributed by atoms with van der Waals surface area (Å²) in [5.74, 6) is 0.0984. The highest BCUT2D eigenvalue weighted by molar-refractivity contribution is 5.94. The molecule has 4 nitrogen and oxygen atoms in total. The van der Waals surface area contributed by atoms with E-state index in [4.69, 9.17) is 5.73 Å². The van der Waals surface area contributed by atoms with Crippen LogP contribution in [0.5, 0.6) is 0 Å². The second-order valence-electron chi connectivity index (χ2n) is 5.26. The van der Waals surface area contributed by atoms with Crippen molar-refractivity contribution in [2.75, 3.05) is 17.2 Å². The van der Waals surface area contributed by atoms with E-state index in [-0.39, 0.29) is 11.4 Å². The van der Waals surface area contributed by atoms with Gasteiger partial charge in [-0.2, -0.15) is 0 Å². The third-order valence-corrected chi connectivity index (χ3v) is 2.75. The number of hydrogen-bond acceptors (Lipinski definition) is 3. The molecule has 0 bridgehead atoms. The smallest absolute Gasteiger partial charge is 0.224 e. The zero-order valence-electron chi connectivity index (χ0n) is 10.3. The Morgan fingerprint density at radius 1 is 1.41 bits per heavy atom. The van der Waals surface area contributed by atoms with Gasteiger partial charge < -0.3 is 16.4 Å². The molecule has 0 aliphatic carbocycles. The fourth-order valence-electron chi connectivity index (χ4n) is 1.82. The van der Waals surface area contributed by atoms with Gasteiger partial charge in [0.25, 0.3) is 0 Å². The van der Waals surface area contributed by atoms with E-state index in [0.717, 1.165) is 24.3 Å². The quantitative estimate of drug-likeness (QED) is 0.744. The van der Waals surface area contributed by atoms with Gasteiger partial charge in [0.15, 0.2) is 0 Å². The summed E-state index contributed by atoms with van der Waals surface area (Å²) < 4.78 is 0. The minimum Gasteiger partial charge on any atom is -0.383 e.